The van der Waals surface area contributed by atoms with Crippen LogP contribution in [0.25, 0.3) is 0 Å². The summed E-state index contributed by atoms with van der Waals surface area (Å²) in [7, 11) is 3.45. The standard InChI is InChI=1S/C17H26FNO/c1-4-12-7-5-8-13(11-12)17(19-2)14-9-6-10-15(20-3)16(14)18/h6,9-10,12-13,17,19H,4-5,7-8,11H2,1-3H3. The minimum atomic E-state index is -0.215. The van der Waals surface area contributed by atoms with Crippen LogP contribution in [0.15, 0.2) is 18.2 Å². The lowest BCUT2D eigenvalue weighted by molar-refractivity contribution is 0.211. The van der Waals surface area contributed by atoms with E-state index in [0.29, 0.717) is 11.7 Å². The number of nitrogens with one attached hydrogen (secondary N) is 1. The Labute approximate surface area is 121 Å². The van der Waals surface area contributed by atoms with Crippen molar-refractivity contribution < 1.29 is 9.13 Å². The smallest absolute Gasteiger partial charge is 0.169 e. The van der Waals surface area contributed by atoms with Gasteiger partial charge in [0.1, 0.15) is 0 Å². The first-order chi connectivity index (χ1) is 9.71. The molecule has 3 unspecified atom stereocenters. The molecule has 20 heavy (non-hydrogen) atoms. The van der Waals surface area contributed by atoms with Gasteiger partial charge in [-0.2, -0.15) is 0 Å². The third-order valence-electron chi connectivity index (χ3n) is 4.73. The van der Waals surface area contributed by atoms with E-state index < -0.39 is 0 Å². The number of rotatable bonds is 5. The predicted octanol–water partition coefficient (Wildman–Crippen LogP) is 4.31. The quantitative estimate of drug-likeness (QED) is 0.867. The molecular weight excluding hydrogens is 253 g/mol. The van der Waals surface area contributed by atoms with E-state index in [-0.39, 0.29) is 11.9 Å². The molecule has 0 bridgehead atoms. The summed E-state index contributed by atoms with van der Waals surface area (Å²) in [6.07, 6.45) is 6.18. The molecule has 0 saturated heterocycles. The zero-order valence-electron chi connectivity index (χ0n) is 12.8. The van der Waals surface area contributed by atoms with Crippen LogP contribution in [0.1, 0.15) is 50.6 Å². The third-order valence-corrected chi connectivity index (χ3v) is 4.73. The Kier molecular flexibility index (Phi) is 5.41. The van der Waals surface area contributed by atoms with Crippen molar-refractivity contribution in [2.45, 2.75) is 45.1 Å². The first kappa shape index (κ1) is 15.3. The first-order valence-corrected chi connectivity index (χ1v) is 7.70. The Hall–Kier alpha value is -1.09. The summed E-state index contributed by atoms with van der Waals surface area (Å²) in [5.74, 6) is 1.43. The first-order valence-electron chi connectivity index (χ1n) is 7.70. The number of methoxy groups -OCH3 is 1. The molecule has 0 radical (unpaired) electrons. The van der Waals surface area contributed by atoms with Gasteiger partial charge in [0.05, 0.1) is 7.11 Å². The highest BCUT2D eigenvalue weighted by atomic mass is 19.1. The largest absolute Gasteiger partial charge is 0.494 e. The molecule has 0 spiro atoms. The molecule has 1 N–H and O–H groups in total. The average Bonchev–Trinajstić information content (AvgIpc) is 2.50. The van der Waals surface area contributed by atoms with Gasteiger partial charge in [-0.3, -0.25) is 0 Å². The lowest BCUT2D eigenvalue weighted by Gasteiger charge is -2.34. The fraction of sp³-hybridized carbons (Fsp3) is 0.647. The predicted molar refractivity (Wildman–Crippen MR) is 80.5 cm³/mol. The molecule has 1 aliphatic rings. The maximum Gasteiger partial charge on any atom is 0.169 e. The van der Waals surface area contributed by atoms with Crippen molar-refractivity contribution in [3.05, 3.63) is 29.6 Å². The second-order valence-corrected chi connectivity index (χ2v) is 5.83. The molecule has 3 atom stereocenters. The van der Waals surface area contributed by atoms with Crippen molar-refractivity contribution in [3.8, 4) is 5.75 Å². The Morgan fingerprint density at radius 1 is 1.40 bits per heavy atom. The number of hydrogen-bond acceptors (Lipinski definition) is 2. The number of benzene rings is 1. The normalized spacial score (nSPS) is 24.4. The van der Waals surface area contributed by atoms with Gasteiger partial charge in [-0.05, 0) is 37.8 Å². The van der Waals surface area contributed by atoms with Crippen LogP contribution in [0, 0.1) is 17.7 Å². The van der Waals surface area contributed by atoms with Crippen LogP contribution in [0.2, 0.25) is 0 Å². The summed E-state index contributed by atoms with van der Waals surface area (Å²) >= 11 is 0. The molecule has 0 amide bonds. The van der Waals surface area contributed by atoms with Crippen molar-refractivity contribution in [1.82, 2.24) is 5.32 Å². The average molecular weight is 279 g/mol. The summed E-state index contributed by atoms with van der Waals surface area (Å²) in [6, 6.07) is 5.52. The zero-order chi connectivity index (χ0) is 14.5. The van der Waals surface area contributed by atoms with Crippen molar-refractivity contribution in [2.75, 3.05) is 14.2 Å². The van der Waals surface area contributed by atoms with Crippen molar-refractivity contribution in [1.29, 1.82) is 0 Å². The van der Waals surface area contributed by atoms with Crippen molar-refractivity contribution >= 4 is 0 Å². The maximum absolute atomic E-state index is 14.5. The fourth-order valence-electron chi connectivity index (χ4n) is 3.58. The topological polar surface area (TPSA) is 21.3 Å². The maximum atomic E-state index is 14.5. The van der Waals surface area contributed by atoms with E-state index in [0.717, 1.165) is 11.5 Å². The van der Waals surface area contributed by atoms with Crippen LogP contribution in [-0.2, 0) is 0 Å². The van der Waals surface area contributed by atoms with Gasteiger partial charge in [0.2, 0.25) is 0 Å². The molecular formula is C17H26FNO. The zero-order valence-corrected chi connectivity index (χ0v) is 12.8. The molecule has 0 aromatic heterocycles. The van der Waals surface area contributed by atoms with E-state index in [2.05, 4.69) is 12.2 Å². The molecule has 0 aliphatic heterocycles. The Morgan fingerprint density at radius 3 is 2.85 bits per heavy atom. The van der Waals surface area contributed by atoms with Crippen LogP contribution < -0.4 is 10.1 Å². The van der Waals surface area contributed by atoms with Gasteiger partial charge in [-0.15, -0.1) is 0 Å². The molecule has 112 valence electrons. The van der Waals surface area contributed by atoms with E-state index >= 15 is 0 Å². The Morgan fingerprint density at radius 2 is 2.20 bits per heavy atom. The number of ether oxygens (including phenoxy) is 1. The monoisotopic (exact) mass is 279 g/mol. The van der Waals surface area contributed by atoms with Crippen molar-refractivity contribution in [3.63, 3.8) is 0 Å². The number of halogens is 1. The summed E-state index contributed by atoms with van der Waals surface area (Å²) in [5, 5.41) is 3.33. The minimum Gasteiger partial charge on any atom is -0.494 e. The van der Waals surface area contributed by atoms with E-state index in [4.69, 9.17) is 4.74 Å². The lowest BCUT2D eigenvalue weighted by atomic mass is 9.75. The van der Waals surface area contributed by atoms with E-state index in [1.54, 1.807) is 6.07 Å². The van der Waals surface area contributed by atoms with Crippen LogP contribution in [0.3, 0.4) is 0 Å². The van der Waals surface area contributed by atoms with Gasteiger partial charge in [-0.25, -0.2) is 4.39 Å². The van der Waals surface area contributed by atoms with Gasteiger partial charge >= 0.3 is 0 Å². The lowest BCUT2D eigenvalue weighted by Crippen LogP contribution is -2.30. The highest BCUT2D eigenvalue weighted by Crippen LogP contribution is 2.39. The second kappa shape index (κ2) is 7.07. The summed E-state index contributed by atoms with van der Waals surface area (Å²) in [5.41, 5.74) is 0.744. The van der Waals surface area contributed by atoms with Gasteiger partial charge in [0.25, 0.3) is 0 Å². The molecule has 1 aliphatic carbocycles. The van der Waals surface area contributed by atoms with Gasteiger partial charge in [0, 0.05) is 11.6 Å². The van der Waals surface area contributed by atoms with Crippen LogP contribution in [0.4, 0.5) is 4.39 Å². The van der Waals surface area contributed by atoms with E-state index in [1.807, 2.05) is 19.2 Å². The van der Waals surface area contributed by atoms with Crippen LogP contribution >= 0.6 is 0 Å². The summed E-state index contributed by atoms with van der Waals surface area (Å²) in [4.78, 5) is 0. The number of hydrogen-bond donors (Lipinski definition) is 1. The van der Waals surface area contributed by atoms with E-state index in [9.17, 15) is 4.39 Å². The van der Waals surface area contributed by atoms with Crippen LogP contribution in [0.5, 0.6) is 5.75 Å². The molecule has 1 saturated carbocycles. The van der Waals surface area contributed by atoms with Gasteiger partial charge in [0.15, 0.2) is 11.6 Å². The highest BCUT2D eigenvalue weighted by molar-refractivity contribution is 5.33. The minimum absolute atomic E-state index is 0.0828. The Balaban J connectivity index is 2.23. The molecule has 1 aromatic rings. The highest BCUT2D eigenvalue weighted by Gasteiger charge is 2.30. The molecule has 1 fully saturated rings. The summed E-state index contributed by atoms with van der Waals surface area (Å²) < 4.78 is 19.6. The van der Waals surface area contributed by atoms with E-state index in [1.165, 1.54) is 39.2 Å². The molecule has 2 rings (SSSR count). The third kappa shape index (κ3) is 3.14. The molecule has 1 aromatic carbocycles. The summed E-state index contributed by atoms with van der Waals surface area (Å²) in [6.45, 7) is 2.26. The fourth-order valence-corrected chi connectivity index (χ4v) is 3.58. The molecule has 0 heterocycles. The SMILES string of the molecule is CCC1CCCC(C(NC)c2cccc(OC)c2F)C1. The Bertz CT molecular complexity index is 435. The van der Waals surface area contributed by atoms with Gasteiger partial charge < -0.3 is 10.1 Å². The molecule has 3 heteroatoms. The van der Waals surface area contributed by atoms with Crippen molar-refractivity contribution in [2.24, 2.45) is 11.8 Å². The van der Waals surface area contributed by atoms with Crippen LogP contribution in [-0.4, -0.2) is 14.2 Å². The second-order valence-electron chi connectivity index (χ2n) is 5.83. The molecule has 2 nitrogen and oxygen atoms in total. The van der Waals surface area contributed by atoms with Gasteiger partial charge in [-0.1, -0.05) is 38.3 Å².